The third-order valence-electron chi connectivity index (χ3n) is 5.36. The van der Waals surface area contributed by atoms with E-state index in [-0.39, 0.29) is 29.4 Å². The van der Waals surface area contributed by atoms with Crippen LogP contribution in [0.15, 0.2) is 64.0 Å². The lowest BCUT2D eigenvalue weighted by Gasteiger charge is -2.33. The molecule has 5 nitrogen and oxygen atoms in total. The van der Waals surface area contributed by atoms with E-state index in [1.165, 1.54) is 4.31 Å². The molecule has 1 atom stereocenters. The van der Waals surface area contributed by atoms with E-state index in [1.54, 1.807) is 30.3 Å². The summed E-state index contributed by atoms with van der Waals surface area (Å²) in [6.07, 6.45) is 4.67. The Kier molecular flexibility index (Phi) is 7.49. The molecule has 7 heteroatoms. The molecule has 0 aromatic heterocycles. The molecule has 1 amide bonds. The smallest absolute Gasteiger partial charge is 0.243 e. The van der Waals surface area contributed by atoms with Gasteiger partial charge in [-0.25, -0.2) is 8.42 Å². The number of benzene rings is 2. The van der Waals surface area contributed by atoms with Crippen LogP contribution < -0.4 is 5.32 Å². The molecule has 0 bridgehead atoms. The average molecular weight is 479 g/mol. The van der Waals surface area contributed by atoms with Gasteiger partial charge in [-0.2, -0.15) is 4.31 Å². The maximum Gasteiger partial charge on any atom is 0.243 e. The van der Waals surface area contributed by atoms with Crippen LogP contribution in [-0.2, 0) is 14.8 Å². The van der Waals surface area contributed by atoms with Crippen molar-refractivity contribution in [1.29, 1.82) is 0 Å². The van der Waals surface area contributed by atoms with E-state index in [9.17, 15) is 13.2 Å². The molecule has 1 N–H and O–H groups in total. The van der Waals surface area contributed by atoms with Gasteiger partial charge in [-0.05, 0) is 49.6 Å². The van der Waals surface area contributed by atoms with Gasteiger partial charge in [0, 0.05) is 10.5 Å². The van der Waals surface area contributed by atoms with Crippen molar-refractivity contribution >= 4 is 31.9 Å². The standard InChI is InChI=1S/C22H27BrN2O3S/c1-17(18-9-8-10-19(23)15-18)24-22(26)16-25(20-11-4-2-5-12-20)29(27,28)21-13-6-3-7-14-21/h3,6-10,13-15,17,20H,2,4-5,11-12,16H2,1H3,(H,24,26)/t17-/m1/s1. The normalized spacial score (nSPS) is 16.5. The summed E-state index contributed by atoms with van der Waals surface area (Å²) in [6.45, 7) is 1.73. The Hall–Kier alpha value is -1.70. The first kappa shape index (κ1) is 22.0. The third kappa shape index (κ3) is 5.68. The molecule has 0 saturated heterocycles. The van der Waals surface area contributed by atoms with Gasteiger partial charge < -0.3 is 5.32 Å². The average Bonchev–Trinajstić information content (AvgIpc) is 2.73. The first-order valence-electron chi connectivity index (χ1n) is 9.99. The number of rotatable bonds is 7. The Bertz CT molecular complexity index is 928. The fraction of sp³-hybridized carbons (Fsp3) is 0.409. The number of sulfonamides is 1. The number of carbonyl (C=O) groups excluding carboxylic acids is 1. The molecule has 1 aliphatic rings. The Balaban J connectivity index is 1.78. The molecule has 1 aliphatic carbocycles. The van der Waals surface area contributed by atoms with E-state index in [1.807, 2.05) is 31.2 Å². The molecule has 1 fully saturated rings. The van der Waals surface area contributed by atoms with E-state index in [0.717, 1.165) is 42.1 Å². The van der Waals surface area contributed by atoms with E-state index in [0.29, 0.717) is 0 Å². The van der Waals surface area contributed by atoms with E-state index < -0.39 is 10.0 Å². The van der Waals surface area contributed by atoms with Gasteiger partial charge >= 0.3 is 0 Å². The van der Waals surface area contributed by atoms with Gasteiger partial charge in [-0.1, -0.05) is 65.5 Å². The van der Waals surface area contributed by atoms with Crippen molar-refractivity contribution in [2.45, 2.75) is 56.0 Å². The largest absolute Gasteiger partial charge is 0.348 e. The van der Waals surface area contributed by atoms with Crippen molar-refractivity contribution in [1.82, 2.24) is 9.62 Å². The summed E-state index contributed by atoms with van der Waals surface area (Å²) in [5.74, 6) is -0.289. The zero-order valence-corrected chi connectivity index (χ0v) is 19.0. The molecule has 0 unspecified atom stereocenters. The minimum Gasteiger partial charge on any atom is -0.348 e. The summed E-state index contributed by atoms with van der Waals surface area (Å²) >= 11 is 3.44. The number of hydrogen-bond acceptors (Lipinski definition) is 3. The topological polar surface area (TPSA) is 66.5 Å². The second kappa shape index (κ2) is 9.87. The van der Waals surface area contributed by atoms with Crippen molar-refractivity contribution in [3.63, 3.8) is 0 Å². The quantitative estimate of drug-likeness (QED) is 0.629. The fourth-order valence-electron chi connectivity index (χ4n) is 3.80. The van der Waals surface area contributed by atoms with Gasteiger partial charge in [0.1, 0.15) is 0 Å². The highest BCUT2D eigenvalue weighted by molar-refractivity contribution is 9.10. The van der Waals surface area contributed by atoms with Crippen molar-refractivity contribution in [2.75, 3.05) is 6.54 Å². The molecule has 0 aliphatic heterocycles. The Labute approximate surface area is 181 Å². The highest BCUT2D eigenvalue weighted by Gasteiger charge is 2.34. The number of halogens is 1. The van der Waals surface area contributed by atoms with E-state index in [4.69, 9.17) is 0 Å². The van der Waals surface area contributed by atoms with Crippen LogP contribution in [0.5, 0.6) is 0 Å². The Morgan fingerprint density at radius 1 is 1.10 bits per heavy atom. The van der Waals surface area contributed by atoms with Crippen molar-refractivity contribution in [2.24, 2.45) is 0 Å². The lowest BCUT2D eigenvalue weighted by molar-refractivity contribution is -0.122. The van der Waals surface area contributed by atoms with Crippen molar-refractivity contribution in [3.8, 4) is 0 Å². The van der Waals surface area contributed by atoms with Crippen LogP contribution in [-0.4, -0.2) is 31.2 Å². The van der Waals surface area contributed by atoms with E-state index in [2.05, 4.69) is 21.2 Å². The van der Waals surface area contributed by atoms with Crippen LogP contribution in [0.1, 0.15) is 50.6 Å². The first-order valence-corrected chi connectivity index (χ1v) is 12.2. The van der Waals surface area contributed by atoms with Crippen LogP contribution in [0, 0.1) is 0 Å². The highest BCUT2D eigenvalue weighted by Crippen LogP contribution is 2.28. The number of carbonyl (C=O) groups is 1. The van der Waals surface area contributed by atoms with Gasteiger partial charge in [0.25, 0.3) is 0 Å². The fourth-order valence-corrected chi connectivity index (χ4v) is 5.87. The van der Waals surface area contributed by atoms with Crippen LogP contribution in [0.4, 0.5) is 0 Å². The molecule has 2 aromatic rings. The third-order valence-corrected chi connectivity index (χ3v) is 7.76. The summed E-state index contributed by atoms with van der Waals surface area (Å²) in [5.41, 5.74) is 0.961. The summed E-state index contributed by atoms with van der Waals surface area (Å²) < 4.78 is 29.0. The summed E-state index contributed by atoms with van der Waals surface area (Å²) in [6, 6.07) is 15.8. The lowest BCUT2D eigenvalue weighted by atomic mass is 9.95. The summed E-state index contributed by atoms with van der Waals surface area (Å²) in [7, 11) is -3.74. The molecule has 0 radical (unpaired) electrons. The molecule has 29 heavy (non-hydrogen) atoms. The molecule has 3 rings (SSSR count). The molecule has 0 heterocycles. The molecular weight excluding hydrogens is 452 g/mol. The molecule has 1 saturated carbocycles. The molecular formula is C22H27BrN2O3S. The van der Waals surface area contributed by atoms with Gasteiger partial charge in [0.15, 0.2) is 0 Å². The maximum atomic E-state index is 13.3. The second-order valence-corrected chi connectivity index (χ2v) is 10.3. The van der Waals surface area contributed by atoms with Crippen molar-refractivity contribution < 1.29 is 13.2 Å². The lowest BCUT2D eigenvalue weighted by Crippen LogP contribution is -2.47. The van der Waals surface area contributed by atoms with Crippen LogP contribution >= 0.6 is 15.9 Å². The second-order valence-electron chi connectivity index (χ2n) is 7.50. The predicted octanol–water partition coefficient (Wildman–Crippen LogP) is 4.65. The number of amides is 1. The van der Waals surface area contributed by atoms with E-state index >= 15 is 0 Å². The highest BCUT2D eigenvalue weighted by atomic mass is 79.9. The van der Waals surface area contributed by atoms with Crippen LogP contribution in [0.2, 0.25) is 0 Å². The molecule has 2 aromatic carbocycles. The first-order chi connectivity index (χ1) is 13.9. The minimum atomic E-state index is -3.74. The van der Waals surface area contributed by atoms with Gasteiger partial charge in [-0.15, -0.1) is 0 Å². The van der Waals surface area contributed by atoms with Gasteiger partial charge in [0.2, 0.25) is 15.9 Å². The zero-order chi connectivity index (χ0) is 20.9. The van der Waals surface area contributed by atoms with Crippen LogP contribution in [0.25, 0.3) is 0 Å². The number of nitrogens with zero attached hydrogens (tertiary/aromatic N) is 1. The summed E-state index contributed by atoms with van der Waals surface area (Å²) in [4.78, 5) is 13.0. The summed E-state index contributed by atoms with van der Waals surface area (Å²) in [5, 5.41) is 2.95. The Morgan fingerprint density at radius 3 is 2.45 bits per heavy atom. The molecule has 0 spiro atoms. The van der Waals surface area contributed by atoms with Crippen LogP contribution in [0.3, 0.4) is 0 Å². The number of nitrogens with one attached hydrogen (secondary N) is 1. The van der Waals surface area contributed by atoms with Crippen molar-refractivity contribution in [3.05, 3.63) is 64.6 Å². The SMILES string of the molecule is C[C@@H](NC(=O)CN(C1CCCCC1)S(=O)(=O)c1ccccc1)c1cccc(Br)c1. The monoisotopic (exact) mass is 478 g/mol. The van der Waals surface area contributed by atoms with Gasteiger partial charge in [-0.3, -0.25) is 4.79 Å². The van der Waals surface area contributed by atoms with Gasteiger partial charge in [0.05, 0.1) is 17.5 Å². The minimum absolute atomic E-state index is 0.138. The maximum absolute atomic E-state index is 13.3. The predicted molar refractivity (Wildman–Crippen MR) is 118 cm³/mol. The zero-order valence-electron chi connectivity index (χ0n) is 16.6. The Morgan fingerprint density at radius 2 is 1.79 bits per heavy atom. The molecule has 156 valence electrons. The number of hydrogen-bond donors (Lipinski definition) is 1.